The van der Waals surface area contributed by atoms with Gasteiger partial charge < -0.3 is 10.1 Å². The Morgan fingerprint density at radius 2 is 1.71 bits per heavy atom. The number of hydrogen-bond donors (Lipinski definition) is 1. The van der Waals surface area contributed by atoms with E-state index in [-0.39, 0.29) is 11.4 Å². The molecule has 8 heteroatoms. The minimum Gasteiger partial charge on any atom is -0.497 e. The molecule has 6 nitrogen and oxygen atoms in total. The van der Waals surface area contributed by atoms with E-state index in [4.69, 9.17) is 16.3 Å². The van der Waals surface area contributed by atoms with Crippen molar-refractivity contribution in [2.75, 3.05) is 24.5 Å². The minimum atomic E-state index is -3.95. The highest BCUT2D eigenvalue weighted by molar-refractivity contribution is 7.92. The lowest BCUT2D eigenvalue weighted by Crippen LogP contribution is -2.41. The van der Waals surface area contributed by atoms with Gasteiger partial charge in [-0.15, -0.1) is 0 Å². The fourth-order valence-electron chi connectivity index (χ4n) is 2.99. The Morgan fingerprint density at radius 3 is 2.35 bits per heavy atom. The maximum absolute atomic E-state index is 13.2. The molecule has 3 aromatic carbocycles. The van der Waals surface area contributed by atoms with Crippen LogP contribution < -0.4 is 14.4 Å². The number of carbonyl (C=O) groups is 1. The van der Waals surface area contributed by atoms with Crippen LogP contribution in [0.4, 0.5) is 5.69 Å². The average Bonchev–Trinajstić information content (AvgIpc) is 2.78. The van der Waals surface area contributed by atoms with Gasteiger partial charge in [-0.25, -0.2) is 8.42 Å². The zero-order valence-electron chi connectivity index (χ0n) is 17.0. The molecule has 162 valence electrons. The third kappa shape index (κ3) is 5.99. The molecule has 3 rings (SSSR count). The van der Waals surface area contributed by atoms with Crippen LogP contribution in [0, 0.1) is 0 Å². The molecular formula is C23H23ClN2O4S. The molecule has 0 fully saturated rings. The van der Waals surface area contributed by atoms with Gasteiger partial charge in [0.05, 0.1) is 17.7 Å². The van der Waals surface area contributed by atoms with Gasteiger partial charge in [-0.1, -0.05) is 48.0 Å². The van der Waals surface area contributed by atoms with Crippen LogP contribution in [-0.2, 0) is 21.2 Å². The minimum absolute atomic E-state index is 0.0982. The number of sulfonamides is 1. The van der Waals surface area contributed by atoms with Crippen LogP contribution in [-0.4, -0.2) is 34.5 Å². The number of amides is 1. The van der Waals surface area contributed by atoms with Crippen LogP contribution in [0.25, 0.3) is 0 Å². The third-order valence-electron chi connectivity index (χ3n) is 4.61. The fourth-order valence-corrected chi connectivity index (χ4v) is 4.61. The molecule has 0 bridgehead atoms. The molecular weight excluding hydrogens is 436 g/mol. The van der Waals surface area contributed by atoms with Crippen molar-refractivity contribution in [1.29, 1.82) is 0 Å². The van der Waals surface area contributed by atoms with Gasteiger partial charge in [-0.3, -0.25) is 9.10 Å². The van der Waals surface area contributed by atoms with Crippen LogP contribution in [0.1, 0.15) is 5.56 Å². The maximum atomic E-state index is 13.2. The summed E-state index contributed by atoms with van der Waals surface area (Å²) in [7, 11) is -2.35. The number of nitrogens with one attached hydrogen (secondary N) is 1. The number of ether oxygens (including phenoxy) is 1. The molecule has 1 amide bonds. The van der Waals surface area contributed by atoms with Gasteiger partial charge in [-0.2, -0.15) is 0 Å². The molecule has 31 heavy (non-hydrogen) atoms. The largest absolute Gasteiger partial charge is 0.497 e. The molecule has 0 saturated carbocycles. The first-order valence-corrected chi connectivity index (χ1v) is 11.4. The summed E-state index contributed by atoms with van der Waals surface area (Å²) in [5.74, 6) is 0.351. The number of methoxy groups -OCH3 is 1. The Balaban J connectivity index is 1.73. The predicted octanol–water partition coefficient (Wildman–Crippen LogP) is 3.90. The van der Waals surface area contributed by atoms with Gasteiger partial charge in [0.1, 0.15) is 12.3 Å². The highest BCUT2D eigenvalue weighted by Crippen LogP contribution is 2.25. The van der Waals surface area contributed by atoms with Crippen molar-refractivity contribution < 1.29 is 17.9 Å². The topological polar surface area (TPSA) is 75.7 Å². The molecule has 0 saturated heterocycles. The second kappa shape index (κ2) is 10.3. The normalized spacial score (nSPS) is 11.0. The zero-order valence-corrected chi connectivity index (χ0v) is 18.6. The highest BCUT2D eigenvalue weighted by Gasteiger charge is 2.27. The summed E-state index contributed by atoms with van der Waals surface area (Å²) < 4.78 is 32.7. The van der Waals surface area contributed by atoms with E-state index >= 15 is 0 Å². The van der Waals surface area contributed by atoms with Crippen LogP contribution in [0.2, 0.25) is 5.02 Å². The molecule has 0 heterocycles. The van der Waals surface area contributed by atoms with E-state index in [1.165, 1.54) is 18.2 Å². The third-order valence-corrected chi connectivity index (χ3v) is 6.63. The Hall–Kier alpha value is -3.03. The molecule has 0 aliphatic rings. The molecule has 0 aliphatic heterocycles. The maximum Gasteiger partial charge on any atom is 0.264 e. The summed E-state index contributed by atoms with van der Waals surface area (Å²) in [6.45, 7) is 0.0140. The quantitative estimate of drug-likeness (QED) is 0.527. The van der Waals surface area contributed by atoms with E-state index in [1.807, 2.05) is 24.3 Å². The summed E-state index contributed by atoms with van der Waals surface area (Å²) in [5.41, 5.74) is 1.35. The number of halogens is 1. The average molecular weight is 459 g/mol. The highest BCUT2D eigenvalue weighted by atomic mass is 35.5. The zero-order chi connectivity index (χ0) is 22.3. The van der Waals surface area contributed by atoms with Gasteiger partial charge >= 0.3 is 0 Å². The van der Waals surface area contributed by atoms with Crippen molar-refractivity contribution in [2.24, 2.45) is 0 Å². The summed E-state index contributed by atoms with van der Waals surface area (Å²) in [4.78, 5) is 12.7. The summed E-state index contributed by atoms with van der Waals surface area (Å²) in [6, 6.07) is 22.0. The number of rotatable bonds is 9. The molecule has 0 aromatic heterocycles. The second-order valence-corrected chi connectivity index (χ2v) is 9.05. The van der Waals surface area contributed by atoms with Gasteiger partial charge in [0.25, 0.3) is 10.0 Å². The summed E-state index contributed by atoms with van der Waals surface area (Å²) in [5, 5.41) is 3.17. The van der Waals surface area contributed by atoms with E-state index in [0.29, 0.717) is 23.7 Å². The SMILES string of the molecule is COc1ccc(CCNC(=O)CN(c2cccc(Cl)c2)S(=O)(=O)c2ccccc2)cc1. The lowest BCUT2D eigenvalue weighted by molar-refractivity contribution is -0.119. The molecule has 0 spiro atoms. The summed E-state index contributed by atoms with van der Waals surface area (Å²) >= 11 is 6.06. The second-order valence-electron chi connectivity index (χ2n) is 6.75. The van der Waals surface area contributed by atoms with Crippen LogP contribution in [0.5, 0.6) is 5.75 Å². The fraction of sp³-hybridized carbons (Fsp3) is 0.174. The first-order chi connectivity index (χ1) is 14.9. The number of carbonyl (C=O) groups excluding carboxylic acids is 1. The first kappa shape index (κ1) is 22.7. The van der Waals surface area contributed by atoms with E-state index < -0.39 is 15.9 Å². The van der Waals surface area contributed by atoms with Crippen LogP contribution >= 0.6 is 11.6 Å². The van der Waals surface area contributed by atoms with Crippen molar-refractivity contribution in [3.63, 3.8) is 0 Å². The molecule has 0 radical (unpaired) electrons. The summed E-state index contributed by atoms with van der Waals surface area (Å²) in [6.07, 6.45) is 0.609. The standard InChI is InChI=1S/C23H23ClN2O4S/c1-30-21-12-10-18(11-13-21)14-15-25-23(27)17-26(20-7-5-6-19(24)16-20)31(28,29)22-8-3-2-4-9-22/h2-13,16H,14-15,17H2,1H3,(H,25,27). The van der Waals surface area contributed by atoms with Crippen LogP contribution in [0.15, 0.2) is 83.8 Å². The number of nitrogens with zero attached hydrogens (tertiary/aromatic N) is 1. The van der Waals surface area contributed by atoms with E-state index in [1.54, 1.807) is 43.5 Å². The van der Waals surface area contributed by atoms with Gasteiger partial charge in [-0.05, 0) is 54.4 Å². The van der Waals surface area contributed by atoms with Crippen molar-refractivity contribution in [3.05, 3.63) is 89.4 Å². The van der Waals surface area contributed by atoms with E-state index in [9.17, 15) is 13.2 Å². The molecule has 1 N–H and O–H groups in total. The van der Waals surface area contributed by atoms with E-state index in [0.717, 1.165) is 15.6 Å². The number of benzene rings is 3. The molecule has 0 aliphatic carbocycles. The van der Waals surface area contributed by atoms with Crippen LogP contribution in [0.3, 0.4) is 0 Å². The lowest BCUT2D eigenvalue weighted by atomic mass is 10.1. The lowest BCUT2D eigenvalue weighted by Gasteiger charge is -2.24. The Bertz CT molecular complexity index is 1120. The van der Waals surface area contributed by atoms with Gasteiger partial charge in [0.15, 0.2) is 0 Å². The Kier molecular flexibility index (Phi) is 7.55. The number of hydrogen-bond acceptors (Lipinski definition) is 4. The number of anilines is 1. The van der Waals surface area contributed by atoms with Crippen molar-refractivity contribution >= 4 is 33.2 Å². The first-order valence-electron chi connectivity index (χ1n) is 9.63. The predicted molar refractivity (Wildman–Crippen MR) is 122 cm³/mol. The van der Waals surface area contributed by atoms with Crippen molar-refractivity contribution in [3.8, 4) is 5.75 Å². The monoisotopic (exact) mass is 458 g/mol. The van der Waals surface area contributed by atoms with Gasteiger partial charge in [0.2, 0.25) is 5.91 Å². The molecule has 3 aromatic rings. The Morgan fingerprint density at radius 1 is 1.00 bits per heavy atom. The molecule has 0 unspecified atom stereocenters. The van der Waals surface area contributed by atoms with Crippen molar-refractivity contribution in [2.45, 2.75) is 11.3 Å². The van der Waals surface area contributed by atoms with Crippen molar-refractivity contribution in [1.82, 2.24) is 5.32 Å². The van der Waals surface area contributed by atoms with Gasteiger partial charge in [0, 0.05) is 11.6 Å². The Labute approximate surface area is 187 Å². The molecule has 0 atom stereocenters. The van der Waals surface area contributed by atoms with E-state index in [2.05, 4.69) is 5.32 Å². The smallest absolute Gasteiger partial charge is 0.264 e.